The molecule has 0 radical (unpaired) electrons. The fraction of sp³-hybridized carbons (Fsp3) is 0.724. The fourth-order valence-electron chi connectivity index (χ4n) is 7.05. The molecule has 5 aliphatic rings. The van der Waals surface area contributed by atoms with E-state index in [9.17, 15) is 24.9 Å². The minimum absolute atomic E-state index is 0.150. The zero-order valence-corrected chi connectivity index (χ0v) is 22.9. The highest BCUT2D eigenvalue weighted by Gasteiger charge is 2.83. The first-order valence-corrected chi connectivity index (χ1v) is 13.8. The zero-order valence-electron chi connectivity index (χ0n) is 22.9. The summed E-state index contributed by atoms with van der Waals surface area (Å²) in [5.41, 5.74) is -1.79. The van der Waals surface area contributed by atoms with Crippen molar-refractivity contribution >= 4 is 11.9 Å². The number of epoxide rings is 1. The van der Waals surface area contributed by atoms with E-state index in [0.29, 0.717) is 19.4 Å². The van der Waals surface area contributed by atoms with Gasteiger partial charge < -0.3 is 39.0 Å². The quantitative estimate of drug-likeness (QED) is 0.250. The van der Waals surface area contributed by atoms with Crippen LogP contribution in [-0.4, -0.2) is 95.4 Å². The first-order chi connectivity index (χ1) is 18.4. The summed E-state index contributed by atoms with van der Waals surface area (Å²) in [6, 6.07) is 0. The van der Waals surface area contributed by atoms with Gasteiger partial charge in [-0.2, -0.15) is 0 Å². The number of aliphatic hydroxyl groups excluding tert-OH is 3. The molecule has 3 N–H and O–H groups in total. The van der Waals surface area contributed by atoms with Crippen LogP contribution in [0.5, 0.6) is 0 Å². The third-order valence-corrected chi connectivity index (χ3v) is 9.83. The van der Waals surface area contributed by atoms with Gasteiger partial charge in [0, 0.05) is 24.5 Å². The zero-order chi connectivity index (χ0) is 28.2. The minimum atomic E-state index is -1.40. The van der Waals surface area contributed by atoms with Gasteiger partial charge in [-0.25, -0.2) is 9.59 Å². The van der Waals surface area contributed by atoms with Crippen LogP contribution in [0.2, 0.25) is 0 Å². The van der Waals surface area contributed by atoms with Crippen LogP contribution in [0, 0.1) is 16.7 Å². The number of allylic oxidation sites excluding steroid dienone is 2. The maximum atomic E-state index is 13.1. The molecule has 0 unspecified atom stereocenters. The lowest BCUT2D eigenvalue weighted by atomic mass is 9.51. The molecule has 2 spiro atoms. The number of hydrogen-bond acceptors (Lipinski definition) is 10. The molecule has 10 heteroatoms. The lowest BCUT2D eigenvalue weighted by molar-refractivity contribution is -0.240. The van der Waals surface area contributed by atoms with Crippen molar-refractivity contribution in [1.82, 2.24) is 0 Å². The first-order valence-electron chi connectivity index (χ1n) is 13.8. The van der Waals surface area contributed by atoms with Crippen molar-refractivity contribution in [2.45, 2.75) is 95.3 Å². The van der Waals surface area contributed by atoms with Gasteiger partial charge in [-0.1, -0.05) is 38.2 Å². The van der Waals surface area contributed by atoms with Crippen molar-refractivity contribution in [3.8, 4) is 0 Å². The van der Waals surface area contributed by atoms with E-state index in [2.05, 4.69) is 0 Å². The second-order valence-corrected chi connectivity index (χ2v) is 12.0. The van der Waals surface area contributed by atoms with Crippen molar-refractivity contribution < 1.29 is 48.6 Å². The highest BCUT2D eigenvalue weighted by molar-refractivity contribution is 5.82. The Kier molecular flexibility index (Phi) is 7.58. The summed E-state index contributed by atoms with van der Waals surface area (Å²) in [6.45, 7) is 7.58. The van der Waals surface area contributed by atoms with Gasteiger partial charge in [0.25, 0.3) is 0 Å². The molecule has 216 valence electrons. The van der Waals surface area contributed by atoms with Crippen LogP contribution in [0.1, 0.15) is 47.0 Å². The average molecular weight is 549 g/mol. The summed E-state index contributed by atoms with van der Waals surface area (Å²) >= 11 is 0. The Balaban J connectivity index is 1.53. The van der Waals surface area contributed by atoms with Gasteiger partial charge in [0.2, 0.25) is 0 Å². The number of esters is 2. The SMILES string of the molecule is CC1=C[C@H]2O[C@@H]3C[C@@H]4OC(=O)/C=C/C=C/[C@H]([C@H](C)O)OCC[C@@H](C)[C@H](O)C(=O)OC[C@@]2(C[C@@H]1O)[C@]4(C)[C@@]31CO1. The summed E-state index contributed by atoms with van der Waals surface area (Å²) in [5, 5.41) is 31.8. The first kappa shape index (κ1) is 28.4. The Morgan fingerprint density at radius 1 is 1.13 bits per heavy atom. The third kappa shape index (κ3) is 4.59. The molecule has 3 fully saturated rings. The van der Waals surface area contributed by atoms with Gasteiger partial charge in [-0.15, -0.1) is 0 Å². The van der Waals surface area contributed by atoms with Crippen molar-refractivity contribution in [3.05, 3.63) is 36.0 Å². The van der Waals surface area contributed by atoms with Crippen LogP contribution in [-0.2, 0) is 33.3 Å². The van der Waals surface area contributed by atoms with Crippen molar-refractivity contribution in [2.75, 3.05) is 19.8 Å². The molecule has 2 saturated heterocycles. The molecule has 3 aliphatic heterocycles. The molecule has 10 nitrogen and oxygen atoms in total. The predicted molar refractivity (Wildman–Crippen MR) is 137 cm³/mol. The maximum Gasteiger partial charge on any atom is 0.335 e. The molecule has 1 saturated carbocycles. The number of cyclic esters (lactones) is 1. The highest BCUT2D eigenvalue weighted by Crippen LogP contribution is 2.72. The molecule has 0 amide bonds. The van der Waals surface area contributed by atoms with E-state index in [1.54, 1.807) is 26.0 Å². The lowest BCUT2D eigenvalue weighted by Gasteiger charge is -2.58. The van der Waals surface area contributed by atoms with Gasteiger partial charge in [0.05, 0.1) is 36.4 Å². The summed E-state index contributed by atoms with van der Waals surface area (Å²) in [5.74, 6) is -1.81. The maximum absolute atomic E-state index is 13.1. The number of carbonyl (C=O) groups excluding carboxylic acids is 2. The number of carbonyl (C=O) groups is 2. The Hall–Kier alpha value is -2.08. The topological polar surface area (TPSA) is 144 Å². The van der Waals surface area contributed by atoms with Crippen molar-refractivity contribution in [1.29, 1.82) is 0 Å². The number of rotatable bonds is 1. The Labute approximate surface area is 228 Å². The van der Waals surface area contributed by atoms with Crippen molar-refractivity contribution in [3.63, 3.8) is 0 Å². The smallest absolute Gasteiger partial charge is 0.335 e. The molecule has 3 heterocycles. The van der Waals surface area contributed by atoms with Crippen LogP contribution < -0.4 is 0 Å². The summed E-state index contributed by atoms with van der Waals surface area (Å²) < 4.78 is 30.2. The van der Waals surface area contributed by atoms with Crippen LogP contribution in [0.25, 0.3) is 0 Å². The molecular formula is C29H40O10. The molecular weight excluding hydrogens is 508 g/mol. The fourth-order valence-corrected chi connectivity index (χ4v) is 7.05. The highest BCUT2D eigenvalue weighted by atomic mass is 16.6. The van der Waals surface area contributed by atoms with E-state index in [4.69, 9.17) is 23.7 Å². The van der Waals surface area contributed by atoms with Crippen LogP contribution >= 0.6 is 0 Å². The van der Waals surface area contributed by atoms with Crippen LogP contribution in [0.4, 0.5) is 0 Å². The summed E-state index contributed by atoms with van der Waals surface area (Å²) in [6.07, 6.45) is 3.82. The molecule has 2 bridgehead atoms. The Morgan fingerprint density at radius 3 is 2.56 bits per heavy atom. The molecule has 5 rings (SSSR count). The molecule has 11 atom stereocenters. The van der Waals surface area contributed by atoms with E-state index in [0.717, 1.165) is 5.57 Å². The van der Waals surface area contributed by atoms with Gasteiger partial charge in [-0.05, 0) is 38.2 Å². The monoisotopic (exact) mass is 548 g/mol. The largest absolute Gasteiger partial charge is 0.463 e. The normalized spacial score (nSPS) is 49.0. The minimum Gasteiger partial charge on any atom is -0.463 e. The van der Waals surface area contributed by atoms with E-state index in [-0.39, 0.29) is 25.7 Å². The van der Waals surface area contributed by atoms with E-state index in [1.165, 1.54) is 12.2 Å². The summed E-state index contributed by atoms with van der Waals surface area (Å²) in [7, 11) is 0. The number of ether oxygens (including phenoxy) is 5. The Bertz CT molecular complexity index is 1060. The standard InChI is InChI=1S/C29H40O10/c1-16-9-10-35-20(18(3)30)7-5-6-8-24(32)39-21-12-23-29(15-37-29)27(21,4)28(14-36-26(34)25(16)33)13-19(31)17(2)11-22(28)38-23/h5-8,11,16,18-23,25,30-31,33H,9-10,12-15H2,1-4H3/b7-5+,8-6+/t16-,18+,19+,20-,21+,22-,23-,25+,27-,28-,29-/m1/s1. The second-order valence-electron chi connectivity index (χ2n) is 12.0. The Morgan fingerprint density at radius 2 is 1.87 bits per heavy atom. The molecule has 39 heavy (non-hydrogen) atoms. The van der Waals surface area contributed by atoms with E-state index in [1.807, 2.05) is 19.9 Å². The van der Waals surface area contributed by atoms with Gasteiger partial charge in [-0.3, -0.25) is 0 Å². The number of aliphatic hydroxyl groups is 3. The predicted octanol–water partition coefficient (Wildman–Crippen LogP) is 1.36. The van der Waals surface area contributed by atoms with E-state index >= 15 is 0 Å². The molecule has 0 aromatic rings. The van der Waals surface area contributed by atoms with Crippen LogP contribution in [0.15, 0.2) is 36.0 Å². The summed E-state index contributed by atoms with van der Waals surface area (Å²) in [4.78, 5) is 26.1. The third-order valence-electron chi connectivity index (χ3n) is 9.83. The lowest BCUT2D eigenvalue weighted by Crippen LogP contribution is -2.68. The molecule has 2 aliphatic carbocycles. The van der Waals surface area contributed by atoms with Gasteiger partial charge >= 0.3 is 11.9 Å². The second kappa shape index (κ2) is 10.4. The number of hydrogen-bond donors (Lipinski definition) is 3. The van der Waals surface area contributed by atoms with Crippen molar-refractivity contribution in [2.24, 2.45) is 16.7 Å². The van der Waals surface area contributed by atoms with Gasteiger partial charge in [0.1, 0.15) is 24.4 Å². The molecule has 0 aromatic carbocycles. The average Bonchev–Trinajstić information content (AvgIpc) is 3.67. The molecule has 0 aromatic heterocycles. The van der Waals surface area contributed by atoms with Crippen LogP contribution in [0.3, 0.4) is 0 Å². The van der Waals surface area contributed by atoms with Gasteiger partial charge in [0.15, 0.2) is 6.10 Å². The van der Waals surface area contributed by atoms with E-state index < -0.39 is 70.9 Å².